The predicted molar refractivity (Wildman–Crippen MR) is 87.4 cm³/mol. The standard InChI is InChI=1S/C17H26N2O3/c1-21-13-6-7-14(15(10-13)22-2)19-16(20)11-17(12-18)8-4-3-5-9-17/h6-7,10H,3-5,8-9,11-12,18H2,1-2H3,(H,19,20). The molecule has 0 atom stereocenters. The van der Waals surface area contributed by atoms with Gasteiger partial charge in [-0.3, -0.25) is 4.79 Å². The van der Waals surface area contributed by atoms with Crippen LogP contribution in [0.25, 0.3) is 0 Å². The first-order valence-electron chi connectivity index (χ1n) is 7.84. The van der Waals surface area contributed by atoms with Crippen LogP contribution in [0.3, 0.4) is 0 Å². The summed E-state index contributed by atoms with van der Waals surface area (Å²) in [4.78, 5) is 12.4. The number of carbonyl (C=O) groups is 1. The molecule has 1 aromatic carbocycles. The second-order valence-electron chi connectivity index (χ2n) is 6.06. The summed E-state index contributed by atoms with van der Waals surface area (Å²) in [5.41, 5.74) is 6.58. The molecule has 0 saturated heterocycles. The Balaban J connectivity index is 2.05. The summed E-state index contributed by atoms with van der Waals surface area (Å²) in [7, 11) is 3.17. The fourth-order valence-corrected chi connectivity index (χ4v) is 3.19. The van der Waals surface area contributed by atoms with Crippen LogP contribution in [0.1, 0.15) is 38.5 Å². The molecule has 5 nitrogen and oxygen atoms in total. The Morgan fingerprint density at radius 2 is 1.95 bits per heavy atom. The number of amides is 1. The maximum absolute atomic E-state index is 12.4. The van der Waals surface area contributed by atoms with Gasteiger partial charge in [0.1, 0.15) is 11.5 Å². The van der Waals surface area contributed by atoms with Gasteiger partial charge in [0.15, 0.2) is 0 Å². The van der Waals surface area contributed by atoms with E-state index in [1.54, 1.807) is 32.4 Å². The summed E-state index contributed by atoms with van der Waals surface area (Å²) >= 11 is 0. The van der Waals surface area contributed by atoms with Gasteiger partial charge in [0.2, 0.25) is 5.91 Å². The molecule has 3 N–H and O–H groups in total. The summed E-state index contributed by atoms with van der Waals surface area (Å²) in [5.74, 6) is 1.29. The van der Waals surface area contributed by atoms with Gasteiger partial charge >= 0.3 is 0 Å². The zero-order chi connectivity index (χ0) is 16.0. The minimum absolute atomic E-state index is 0.00387. The highest BCUT2D eigenvalue weighted by molar-refractivity contribution is 5.92. The minimum atomic E-state index is -0.0396. The van der Waals surface area contributed by atoms with Crippen molar-refractivity contribution in [1.82, 2.24) is 0 Å². The van der Waals surface area contributed by atoms with Crippen molar-refractivity contribution in [2.75, 3.05) is 26.1 Å². The third kappa shape index (κ3) is 3.91. The lowest BCUT2D eigenvalue weighted by Gasteiger charge is -2.35. The third-order valence-corrected chi connectivity index (χ3v) is 4.57. The maximum Gasteiger partial charge on any atom is 0.225 e. The Labute approximate surface area is 132 Å². The first-order chi connectivity index (χ1) is 10.6. The average molecular weight is 306 g/mol. The van der Waals surface area contributed by atoms with E-state index in [2.05, 4.69) is 5.32 Å². The van der Waals surface area contributed by atoms with Crippen LogP contribution in [0.15, 0.2) is 18.2 Å². The quantitative estimate of drug-likeness (QED) is 0.847. The van der Waals surface area contributed by atoms with Crippen molar-refractivity contribution >= 4 is 11.6 Å². The molecule has 1 aliphatic carbocycles. The molecule has 0 aliphatic heterocycles. The fraction of sp³-hybridized carbons (Fsp3) is 0.588. The number of nitrogens with one attached hydrogen (secondary N) is 1. The van der Waals surface area contributed by atoms with E-state index in [4.69, 9.17) is 15.2 Å². The number of anilines is 1. The van der Waals surface area contributed by atoms with Crippen molar-refractivity contribution in [3.63, 3.8) is 0 Å². The molecule has 0 aromatic heterocycles. The molecule has 0 heterocycles. The van der Waals surface area contributed by atoms with Gasteiger partial charge in [-0.1, -0.05) is 19.3 Å². The molecule has 5 heteroatoms. The van der Waals surface area contributed by atoms with E-state index in [-0.39, 0.29) is 11.3 Å². The van der Waals surface area contributed by atoms with Crippen LogP contribution in [0.4, 0.5) is 5.69 Å². The highest BCUT2D eigenvalue weighted by Gasteiger charge is 2.33. The molecular formula is C17H26N2O3. The average Bonchev–Trinajstić information content (AvgIpc) is 2.56. The molecule has 2 rings (SSSR count). The Kier molecular flexibility index (Phi) is 5.66. The van der Waals surface area contributed by atoms with Gasteiger partial charge in [-0.05, 0) is 36.9 Å². The smallest absolute Gasteiger partial charge is 0.225 e. The predicted octanol–water partition coefficient (Wildman–Crippen LogP) is 2.94. The molecule has 122 valence electrons. The molecule has 0 spiro atoms. The number of hydrogen-bond acceptors (Lipinski definition) is 4. The molecular weight excluding hydrogens is 280 g/mol. The second-order valence-corrected chi connectivity index (χ2v) is 6.06. The van der Waals surface area contributed by atoms with E-state index in [0.29, 0.717) is 30.2 Å². The third-order valence-electron chi connectivity index (χ3n) is 4.57. The van der Waals surface area contributed by atoms with Crippen molar-refractivity contribution in [3.05, 3.63) is 18.2 Å². The van der Waals surface area contributed by atoms with E-state index in [0.717, 1.165) is 25.7 Å². The molecule has 1 aromatic rings. The van der Waals surface area contributed by atoms with Gasteiger partial charge in [0, 0.05) is 12.5 Å². The number of nitrogens with two attached hydrogens (primary N) is 1. The van der Waals surface area contributed by atoms with Crippen LogP contribution in [-0.2, 0) is 4.79 Å². The molecule has 1 aliphatic rings. The lowest BCUT2D eigenvalue weighted by atomic mass is 9.71. The number of benzene rings is 1. The number of ether oxygens (including phenoxy) is 2. The summed E-state index contributed by atoms with van der Waals surface area (Å²) < 4.78 is 10.5. The van der Waals surface area contributed by atoms with Crippen molar-refractivity contribution in [2.45, 2.75) is 38.5 Å². The van der Waals surface area contributed by atoms with Gasteiger partial charge < -0.3 is 20.5 Å². The van der Waals surface area contributed by atoms with E-state index >= 15 is 0 Å². The molecule has 22 heavy (non-hydrogen) atoms. The molecule has 1 saturated carbocycles. The largest absolute Gasteiger partial charge is 0.497 e. The molecule has 1 amide bonds. The number of rotatable bonds is 6. The van der Waals surface area contributed by atoms with E-state index < -0.39 is 0 Å². The minimum Gasteiger partial charge on any atom is -0.497 e. The first-order valence-corrected chi connectivity index (χ1v) is 7.84. The van der Waals surface area contributed by atoms with Crippen molar-refractivity contribution in [3.8, 4) is 11.5 Å². The normalized spacial score (nSPS) is 16.9. The van der Waals surface area contributed by atoms with Crippen molar-refractivity contribution in [2.24, 2.45) is 11.1 Å². The van der Waals surface area contributed by atoms with E-state index in [1.165, 1.54) is 6.42 Å². The topological polar surface area (TPSA) is 73.6 Å². The van der Waals surface area contributed by atoms with Gasteiger partial charge in [-0.15, -0.1) is 0 Å². The van der Waals surface area contributed by atoms with Gasteiger partial charge in [-0.25, -0.2) is 0 Å². The monoisotopic (exact) mass is 306 g/mol. The molecule has 0 unspecified atom stereocenters. The number of methoxy groups -OCH3 is 2. The Hall–Kier alpha value is -1.75. The highest BCUT2D eigenvalue weighted by Crippen LogP contribution is 2.39. The summed E-state index contributed by atoms with van der Waals surface area (Å²) in [6, 6.07) is 5.36. The summed E-state index contributed by atoms with van der Waals surface area (Å²) in [5, 5.41) is 2.94. The Morgan fingerprint density at radius 1 is 1.23 bits per heavy atom. The zero-order valence-electron chi connectivity index (χ0n) is 13.5. The van der Waals surface area contributed by atoms with Crippen LogP contribution in [-0.4, -0.2) is 26.7 Å². The first kappa shape index (κ1) is 16.6. The van der Waals surface area contributed by atoms with E-state index in [9.17, 15) is 4.79 Å². The molecule has 0 radical (unpaired) electrons. The van der Waals surface area contributed by atoms with Gasteiger partial charge in [0.25, 0.3) is 0 Å². The van der Waals surface area contributed by atoms with E-state index in [1.807, 2.05) is 0 Å². The van der Waals surface area contributed by atoms with Crippen LogP contribution in [0.2, 0.25) is 0 Å². The van der Waals surface area contributed by atoms with Crippen LogP contribution in [0.5, 0.6) is 11.5 Å². The van der Waals surface area contributed by atoms with Gasteiger partial charge in [-0.2, -0.15) is 0 Å². The summed E-state index contributed by atoms with van der Waals surface area (Å²) in [6.07, 6.45) is 6.12. The Morgan fingerprint density at radius 3 is 2.55 bits per heavy atom. The summed E-state index contributed by atoms with van der Waals surface area (Å²) in [6.45, 7) is 0.570. The zero-order valence-corrected chi connectivity index (χ0v) is 13.5. The number of carbonyl (C=O) groups excluding carboxylic acids is 1. The molecule has 0 bridgehead atoms. The van der Waals surface area contributed by atoms with Crippen LogP contribution >= 0.6 is 0 Å². The van der Waals surface area contributed by atoms with Crippen molar-refractivity contribution in [1.29, 1.82) is 0 Å². The highest BCUT2D eigenvalue weighted by atomic mass is 16.5. The molecule has 1 fully saturated rings. The lowest BCUT2D eigenvalue weighted by molar-refractivity contribution is -0.118. The lowest BCUT2D eigenvalue weighted by Crippen LogP contribution is -2.36. The van der Waals surface area contributed by atoms with Crippen LogP contribution in [0, 0.1) is 5.41 Å². The van der Waals surface area contributed by atoms with Gasteiger partial charge in [0.05, 0.1) is 19.9 Å². The second kappa shape index (κ2) is 7.49. The van der Waals surface area contributed by atoms with Crippen LogP contribution < -0.4 is 20.5 Å². The fourth-order valence-electron chi connectivity index (χ4n) is 3.19. The number of hydrogen-bond donors (Lipinski definition) is 2. The Bertz CT molecular complexity index is 511. The maximum atomic E-state index is 12.4. The van der Waals surface area contributed by atoms with Crippen molar-refractivity contribution < 1.29 is 14.3 Å². The SMILES string of the molecule is COc1ccc(NC(=O)CC2(CN)CCCCC2)c(OC)c1.